The first kappa shape index (κ1) is 13.1. The molecular formula is C10H17N3O2S. The zero-order valence-electron chi connectivity index (χ0n) is 9.45. The third kappa shape index (κ3) is 3.88. The Kier molecular flexibility index (Phi) is 4.40. The number of thioether (sulfide) groups is 1. The lowest BCUT2D eigenvalue weighted by atomic mass is 10.1. The van der Waals surface area contributed by atoms with E-state index in [1.807, 2.05) is 19.3 Å². The zero-order chi connectivity index (χ0) is 12.2. The average Bonchev–Trinajstić information content (AvgIpc) is 2.63. The van der Waals surface area contributed by atoms with Crippen LogP contribution in [0, 0.1) is 0 Å². The summed E-state index contributed by atoms with van der Waals surface area (Å²) in [6.45, 7) is 3.92. The van der Waals surface area contributed by atoms with Crippen molar-refractivity contribution < 1.29 is 9.21 Å². The van der Waals surface area contributed by atoms with Gasteiger partial charge in [0.05, 0.1) is 6.26 Å². The van der Waals surface area contributed by atoms with Crippen LogP contribution in [0.25, 0.3) is 0 Å². The van der Waals surface area contributed by atoms with E-state index in [9.17, 15) is 4.79 Å². The van der Waals surface area contributed by atoms with E-state index in [2.05, 4.69) is 0 Å². The van der Waals surface area contributed by atoms with Crippen LogP contribution in [0.5, 0.6) is 0 Å². The molecule has 0 aliphatic heterocycles. The molecule has 1 aromatic heterocycles. The molecule has 1 rings (SSSR count). The van der Waals surface area contributed by atoms with Crippen molar-refractivity contribution >= 4 is 17.7 Å². The molecule has 0 atom stereocenters. The molecule has 0 bridgehead atoms. The van der Waals surface area contributed by atoms with Crippen LogP contribution in [0.15, 0.2) is 16.7 Å². The molecule has 0 saturated heterocycles. The quantitative estimate of drug-likeness (QED) is 0.405. The fraction of sp³-hybridized carbons (Fsp3) is 0.500. The van der Waals surface area contributed by atoms with Crippen molar-refractivity contribution in [2.75, 3.05) is 5.75 Å². The number of nitrogens with one attached hydrogen (secondary N) is 1. The molecule has 0 aliphatic rings. The molecule has 0 unspecified atom stereocenters. The third-order valence-electron chi connectivity index (χ3n) is 1.82. The molecule has 90 valence electrons. The molecule has 0 saturated carbocycles. The molecule has 5 N–H and O–H groups in total. The van der Waals surface area contributed by atoms with Crippen LogP contribution >= 0.6 is 11.8 Å². The summed E-state index contributed by atoms with van der Waals surface area (Å²) in [6, 6.07) is 1.76. The van der Waals surface area contributed by atoms with Gasteiger partial charge in [0.2, 0.25) is 0 Å². The van der Waals surface area contributed by atoms with Crippen LogP contribution in [-0.4, -0.2) is 17.2 Å². The van der Waals surface area contributed by atoms with Gasteiger partial charge in [0, 0.05) is 22.6 Å². The molecule has 0 fully saturated rings. The van der Waals surface area contributed by atoms with Gasteiger partial charge in [-0.2, -0.15) is 11.8 Å². The Balaban J connectivity index is 2.55. The van der Waals surface area contributed by atoms with Crippen molar-refractivity contribution in [3.8, 4) is 0 Å². The van der Waals surface area contributed by atoms with E-state index >= 15 is 0 Å². The maximum atomic E-state index is 11.3. The first-order chi connectivity index (χ1) is 7.44. The highest BCUT2D eigenvalue weighted by Gasteiger charge is 2.16. The highest BCUT2D eigenvalue weighted by molar-refractivity contribution is 7.98. The van der Waals surface area contributed by atoms with Crippen LogP contribution in [0.2, 0.25) is 0 Å². The van der Waals surface area contributed by atoms with Crippen molar-refractivity contribution in [3.05, 3.63) is 23.7 Å². The molecule has 0 aromatic carbocycles. The monoisotopic (exact) mass is 243 g/mol. The highest BCUT2D eigenvalue weighted by atomic mass is 32.2. The van der Waals surface area contributed by atoms with Gasteiger partial charge in [-0.1, -0.05) is 0 Å². The van der Waals surface area contributed by atoms with Crippen LogP contribution in [0.4, 0.5) is 0 Å². The molecule has 6 heteroatoms. The van der Waals surface area contributed by atoms with Gasteiger partial charge >= 0.3 is 5.91 Å². The molecule has 16 heavy (non-hydrogen) atoms. The fourth-order valence-electron chi connectivity index (χ4n) is 1.14. The summed E-state index contributed by atoms with van der Waals surface area (Å²) in [4.78, 5) is 11.3. The Hall–Kier alpha value is -0.980. The van der Waals surface area contributed by atoms with Crippen molar-refractivity contribution in [2.24, 2.45) is 11.6 Å². The van der Waals surface area contributed by atoms with E-state index in [1.54, 1.807) is 17.8 Å². The lowest BCUT2D eigenvalue weighted by Gasteiger charge is -2.17. The van der Waals surface area contributed by atoms with Crippen molar-refractivity contribution in [3.63, 3.8) is 0 Å². The number of amides is 1. The predicted octanol–water partition coefficient (Wildman–Crippen LogP) is 0.854. The third-order valence-corrected chi connectivity index (χ3v) is 3.28. The Bertz CT molecular complexity index is 357. The average molecular weight is 243 g/mol. The smallest absolute Gasteiger partial charge is 0.301 e. The van der Waals surface area contributed by atoms with Gasteiger partial charge in [0.1, 0.15) is 0 Å². The summed E-state index contributed by atoms with van der Waals surface area (Å²) in [6.07, 6.45) is 1.48. The molecule has 1 heterocycles. The zero-order valence-corrected chi connectivity index (χ0v) is 10.3. The minimum absolute atomic E-state index is 0.218. The number of furan rings is 1. The fourth-order valence-corrected chi connectivity index (χ4v) is 2.21. The molecule has 1 aromatic rings. The summed E-state index contributed by atoms with van der Waals surface area (Å²) in [7, 11) is 0. The van der Waals surface area contributed by atoms with E-state index in [1.165, 1.54) is 6.26 Å². The number of carbonyl (C=O) groups is 1. The number of carbonyl (C=O) groups excluding carboxylic acids is 1. The SMILES string of the molecule is CC(C)(N)CSCc1ccoc1C(=O)NN. The summed E-state index contributed by atoms with van der Waals surface area (Å²) in [5.74, 6) is 6.39. The number of nitrogen functional groups attached to an aromatic ring is 1. The van der Waals surface area contributed by atoms with Crippen LogP contribution in [0.3, 0.4) is 0 Å². The van der Waals surface area contributed by atoms with Gasteiger partial charge in [-0.3, -0.25) is 10.2 Å². The summed E-state index contributed by atoms with van der Waals surface area (Å²) < 4.78 is 5.06. The topological polar surface area (TPSA) is 94.3 Å². The van der Waals surface area contributed by atoms with Crippen LogP contribution < -0.4 is 17.0 Å². The summed E-state index contributed by atoms with van der Waals surface area (Å²) in [5.41, 5.74) is 8.52. The van der Waals surface area contributed by atoms with Crippen molar-refractivity contribution in [1.29, 1.82) is 0 Å². The van der Waals surface area contributed by atoms with Gasteiger partial charge in [0.25, 0.3) is 0 Å². The Labute approximate surface area is 98.9 Å². The Morgan fingerprint density at radius 1 is 1.62 bits per heavy atom. The number of hydrogen-bond acceptors (Lipinski definition) is 5. The van der Waals surface area contributed by atoms with E-state index in [-0.39, 0.29) is 11.3 Å². The molecule has 0 spiro atoms. The second kappa shape index (κ2) is 5.38. The van der Waals surface area contributed by atoms with Gasteiger partial charge in [-0.15, -0.1) is 0 Å². The van der Waals surface area contributed by atoms with Crippen LogP contribution in [-0.2, 0) is 5.75 Å². The molecule has 1 amide bonds. The first-order valence-corrected chi connectivity index (χ1v) is 6.03. The van der Waals surface area contributed by atoms with Crippen LogP contribution in [0.1, 0.15) is 30.0 Å². The molecule has 5 nitrogen and oxygen atoms in total. The number of hydrogen-bond donors (Lipinski definition) is 3. The molecular weight excluding hydrogens is 226 g/mol. The minimum atomic E-state index is -0.410. The second-order valence-corrected chi connectivity index (χ2v) is 5.22. The highest BCUT2D eigenvalue weighted by Crippen LogP contribution is 2.20. The maximum Gasteiger partial charge on any atom is 0.301 e. The second-order valence-electron chi connectivity index (χ2n) is 4.23. The van der Waals surface area contributed by atoms with E-state index in [0.29, 0.717) is 5.75 Å². The van der Waals surface area contributed by atoms with Gasteiger partial charge in [0.15, 0.2) is 5.76 Å². The van der Waals surface area contributed by atoms with Crippen molar-refractivity contribution in [2.45, 2.75) is 25.1 Å². The Morgan fingerprint density at radius 3 is 2.88 bits per heavy atom. The molecule has 0 aliphatic carbocycles. The van der Waals surface area contributed by atoms with E-state index in [4.69, 9.17) is 16.0 Å². The number of rotatable bonds is 5. The lowest BCUT2D eigenvalue weighted by molar-refractivity contribution is 0.0925. The van der Waals surface area contributed by atoms with Gasteiger partial charge < -0.3 is 10.2 Å². The minimum Gasteiger partial charge on any atom is -0.459 e. The van der Waals surface area contributed by atoms with Crippen molar-refractivity contribution in [1.82, 2.24) is 5.43 Å². The lowest BCUT2D eigenvalue weighted by Crippen LogP contribution is -2.34. The summed E-state index contributed by atoms with van der Waals surface area (Å²) in [5, 5.41) is 0. The number of hydrazine groups is 1. The maximum absolute atomic E-state index is 11.3. The predicted molar refractivity (Wildman–Crippen MR) is 64.8 cm³/mol. The van der Waals surface area contributed by atoms with E-state index in [0.717, 1.165) is 11.3 Å². The standard InChI is InChI=1S/C10H17N3O2S/c1-10(2,11)6-16-5-7-3-4-15-8(7)9(14)13-12/h3-4H,5-6,11-12H2,1-2H3,(H,13,14). The number of nitrogens with two attached hydrogens (primary N) is 2. The largest absolute Gasteiger partial charge is 0.459 e. The molecule has 0 radical (unpaired) electrons. The first-order valence-electron chi connectivity index (χ1n) is 4.88. The summed E-state index contributed by atoms with van der Waals surface area (Å²) >= 11 is 1.65. The Morgan fingerprint density at radius 2 is 2.31 bits per heavy atom. The normalized spacial score (nSPS) is 11.5. The van der Waals surface area contributed by atoms with Gasteiger partial charge in [-0.25, -0.2) is 5.84 Å². The van der Waals surface area contributed by atoms with E-state index < -0.39 is 5.91 Å². The van der Waals surface area contributed by atoms with Gasteiger partial charge in [-0.05, 0) is 19.9 Å².